The number of aromatic nitrogens is 2. The van der Waals surface area contributed by atoms with Crippen LogP contribution < -0.4 is 10.5 Å². The third kappa shape index (κ3) is 2.34. The smallest absolute Gasteiger partial charge is 0.203 e. The van der Waals surface area contributed by atoms with E-state index in [4.69, 9.17) is 15.5 Å². The number of anilines is 1. The molecule has 4 aromatic rings. The van der Waals surface area contributed by atoms with Crippen molar-refractivity contribution in [3.63, 3.8) is 0 Å². The van der Waals surface area contributed by atoms with E-state index in [0.717, 1.165) is 19.3 Å². The third-order valence-electron chi connectivity index (χ3n) is 5.75. The van der Waals surface area contributed by atoms with E-state index in [0.29, 0.717) is 44.4 Å². The van der Waals surface area contributed by atoms with Crippen LogP contribution in [-0.4, -0.2) is 21.8 Å². The molecule has 6 heteroatoms. The molecule has 142 valence electrons. The second-order valence-corrected chi connectivity index (χ2v) is 7.28. The summed E-state index contributed by atoms with van der Waals surface area (Å²) in [4.78, 5) is 4.77. The van der Waals surface area contributed by atoms with E-state index in [-0.39, 0.29) is 17.7 Å². The van der Waals surface area contributed by atoms with Crippen molar-refractivity contribution in [2.75, 3.05) is 12.8 Å². The van der Waals surface area contributed by atoms with Crippen molar-refractivity contribution in [1.82, 2.24) is 9.55 Å². The summed E-state index contributed by atoms with van der Waals surface area (Å²) in [6, 6.07) is 10.4. The molecule has 2 aromatic carbocycles. The highest BCUT2D eigenvalue weighted by Gasteiger charge is 2.25. The summed E-state index contributed by atoms with van der Waals surface area (Å²) in [5.74, 6) is 0.365. The Bertz CT molecular complexity index is 1230. The number of nitrogens with two attached hydrogens (primary N) is 1. The molecule has 3 N–H and O–H groups in total. The van der Waals surface area contributed by atoms with Gasteiger partial charge in [-0.2, -0.15) is 0 Å². The highest BCUT2D eigenvalue weighted by Crippen LogP contribution is 2.43. The van der Waals surface area contributed by atoms with E-state index in [9.17, 15) is 9.50 Å². The molecule has 28 heavy (non-hydrogen) atoms. The minimum absolute atomic E-state index is 0.157. The minimum atomic E-state index is -0.358. The monoisotopic (exact) mass is 377 g/mol. The molecular formula is C22H20FN3O2. The summed E-state index contributed by atoms with van der Waals surface area (Å²) in [6.07, 6.45) is 5.08. The van der Waals surface area contributed by atoms with Crippen molar-refractivity contribution in [3.05, 3.63) is 48.4 Å². The number of pyridine rings is 1. The SMILES string of the molecule is COc1ccc(F)c(-c2cccc3c(N)c4c(O)n(C5CCC5)cc4nc23)c1. The number of hydrogen-bond acceptors (Lipinski definition) is 4. The lowest BCUT2D eigenvalue weighted by molar-refractivity contribution is 0.283. The molecule has 0 amide bonds. The summed E-state index contributed by atoms with van der Waals surface area (Å²) in [6.45, 7) is 0. The molecule has 5 nitrogen and oxygen atoms in total. The molecule has 0 radical (unpaired) electrons. The Morgan fingerprint density at radius 3 is 2.75 bits per heavy atom. The first-order valence-corrected chi connectivity index (χ1v) is 9.34. The number of hydrogen-bond donors (Lipinski definition) is 2. The van der Waals surface area contributed by atoms with Gasteiger partial charge in [0.15, 0.2) is 0 Å². The predicted octanol–water partition coefficient (Wildman–Crippen LogP) is 5.02. The lowest BCUT2D eigenvalue weighted by Gasteiger charge is -2.27. The van der Waals surface area contributed by atoms with E-state index in [2.05, 4.69) is 0 Å². The normalized spacial score (nSPS) is 14.5. The molecule has 2 aromatic heterocycles. The number of para-hydroxylation sites is 1. The van der Waals surface area contributed by atoms with Gasteiger partial charge < -0.3 is 20.1 Å². The van der Waals surface area contributed by atoms with Crippen LogP contribution in [0.4, 0.5) is 10.1 Å². The highest BCUT2D eigenvalue weighted by molar-refractivity contribution is 6.12. The van der Waals surface area contributed by atoms with E-state index in [1.165, 1.54) is 6.07 Å². The van der Waals surface area contributed by atoms with Crippen LogP contribution in [0.2, 0.25) is 0 Å². The average Bonchev–Trinajstić information content (AvgIpc) is 2.97. The maximum absolute atomic E-state index is 14.6. The third-order valence-corrected chi connectivity index (χ3v) is 5.75. The average molecular weight is 377 g/mol. The van der Waals surface area contributed by atoms with Crippen LogP contribution in [0, 0.1) is 5.82 Å². The van der Waals surface area contributed by atoms with Gasteiger partial charge in [-0.15, -0.1) is 0 Å². The standard InChI is InChI=1S/C22H20FN3O2/c1-28-13-8-9-17(23)16(10-13)14-6-3-7-15-20(24)19-18(25-21(14)15)11-26(22(19)27)12-4-2-5-12/h3,6-12,27H,2,4-5,24H2,1H3. The molecule has 1 saturated carbocycles. The number of aromatic hydroxyl groups is 1. The fourth-order valence-electron chi connectivity index (χ4n) is 3.98. The number of ether oxygens (including phenoxy) is 1. The molecule has 0 unspecified atom stereocenters. The van der Waals surface area contributed by atoms with Gasteiger partial charge in [-0.3, -0.25) is 0 Å². The maximum Gasteiger partial charge on any atom is 0.203 e. The van der Waals surface area contributed by atoms with E-state index < -0.39 is 0 Å². The highest BCUT2D eigenvalue weighted by atomic mass is 19.1. The zero-order valence-electron chi connectivity index (χ0n) is 15.4. The fourth-order valence-corrected chi connectivity index (χ4v) is 3.98. The van der Waals surface area contributed by atoms with Crippen LogP contribution in [0.5, 0.6) is 11.6 Å². The van der Waals surface area contributed by atoms with Gasteiger partial charge in [-0.1, -0.05) is 18.2 Å². The summed E-state index contributed by atoms with van der Waals surface area (Å²) in [5, 5.41) is 12.0. The van der Waals surface area contributed by atoms with Gasteiger partial charge in [-0.25, -0.2) is 9.37 Å². The Morgan fingerprint density at radius 2 is 2.04 bits per heavy atom. The number of rotatable bonds is 3. The van der Waals surface area contributed by atoms with Crippen LogP contribution in [-0.2, 0) is 0 Å². The van der Waals surface area contributed by atoms with E-state index in [1.807, 2.05) is 29.0 Å². The Labute approximate surface area is 161 Å². The molecule has 0 saturated heterocycles. The maximum atomic E-state index is 14.6. The summed E-state index contributed by atoms with van der Waals surface area (Å²) in [5.41, 5.74) is 9.15. The molecular weight excluding hydrogens is 357 g/mol. The quantitative estimate of drug-likeness (QED) is 0.526. The van der Waals surface area contributed by atoms with Gasteiger partial charge in [0, 0.05) is 28.8 Å². The number of nitrogens with zero attached hydrogens (tertiary/aromatic N) is 2. The van der Waals surface area contributed by atoms with Gasteiger partial charge in [0.2, 0.25) is 5.88 Å². The van der Waals surface area contributed by atoms with Gasteiger partial charge in [0.1, 0.15) is 11.6 Å². The molecule has 2 heterocycles. The predicted molar refractivity (Wildman–Crippen MR) is 108 cm³/mol. The Kier molecular flexibility index (Phi) is 3.69. The van der Waals surface area contributed by atoms with Crippen molar-refractivity contribution >= 4 is 27.5 Å². The lowest BCUT2D eigenvalue weighted by atomic mass is 9.93. The number of methoxy groups -OCH3 is 1. The minimum Gasteiger partial charge on any atom is -0.497 e. The molecule has 1 aliphatic rings. The van der Waals surface area contributed by atoms with Gasteiger partial charge in [0.25, 0.3) is 0 Å². The zero-order valence-corrected chi connectivity index (χ0v) is 15.4. The Hall–Kier alpha value is -3.28. The fraction of sp³-hybridized carbons (Fsp3) is 0.227. The number of nitrogen functional groups attached to an aromatic ring is 1. The first kappa shape index (κ1) is 16.9. The molecule has 0 atom stereocenters. The van der Waals surface area contributed by atoms with Crippen LogP contribution in [0.1, 0.15) is 25.3 Å². The summed E-state index contributed by atoms with van der Waals surface area (Å²) < 4.78 is 21.7. The van der Waals surface area contributed by atoms with Crippen LogP contribution in [0.3, 0.4) is 0 Å². The number of fused-ring (bicyclic) bond motifs is 2. The van der Waals surface area contributed by atoms with Crippen LogP contribution in [0.15, 0.2) is 42.6 Å². The van der Waals surface area contributed by atoms with E-state index in [1.54, 1.807) is 19.2 Å². The molecule has 5 rings (SSSR count). The van der Waals surface area contributed by atoms with Crippen molar-refractivity contribution in [3.8, 4) is 22.8 Å². The van der Waals surface area contributed by atoms with Crippen molar-refractivity contribution in [1.29, 1.82) is 0 Å². The van der Waals surface area contributed by atoms with Crippen LogP contribution >= 0.6 is 0 Å². The number of halogens is 1. The molecule has 0 aliphatic heterocycles. The lowest BCUT2D eigenvalue weighted by Crippen LogP contribution is -2.15. The molecule has 0 bridgehead atoms. The van der Waals surface area contributed by atoms with Crippen molar-refractivity contribution in [2.24, 2.45) is 0 Å². The topological polar surface area (TPSA) is 73.3 Å². The summed E-state index contributed by atoms with van der Waals surface area (Å²) >= 11 is 0. The summed E-state index contributed by atoms with van der Waals surface area (Å²) in [7, 11) is 1.55. The van der Waals surface area contributed by atoms with Crippen LogP contribution in [0.25, 0.3) is 32.9 Å². The Balaban J connectivity index is 1.81. The second kappa shape index (κ2) is 6.12. The Morgan fingerprint density at radius 1 is 1.21 bits per heavy atom. The first-order valence-electron chi connectivity index (χ1n) is 9.34. The zero-order chi connectivity index (χ0) is 19.4. The van der Waals surface area contributed by atoms with E-state index >= 15 is 0 Å². The molecule has 0 spiro atoms. The van der Waals surface area contributed by atoms with Crippen molar-refractivity contribution in [2.45, 2.75) is 25.3 Å². The first-order chi connectivity index (χ1) is 13.6. The molecule has 1 aliphatic carbocycles. The van der Waals surface area contributed by atoms with Crippen molar-refractivity contribution < 1.29 is 14.2 Å². The largest absolute Gasteiger partial charge is 0.497 e. The van der Waals surface area contributed by atoms with Gasteiger partial charge in [0.05, 0.1) is 29.2 Å². The van der Waals surface area contributed by atoms with Gasteiger partial charge in [-0.05, 0) is 37.5 Å². The second-order valence-electron chi connectivity index (χ2n) is 7.28. The van der Waals surface area contributed by atoms with Gasteiger partial charge >= 0.3 is 0 Å². The molecule has 1 fully saturated rings. The number of benzene rings is 2.